The fourth-order valence-corrected chi connectivity index (χ4v) is 3.26. The average molecular weight is 436 g/mol. The molecule has 156 valence electrons. The largest absolute Gasteiger partial charge is 0.486 e. The second-order valence-corrected chi connectivity index (χ2v) is 6.88. The third-order valence-electron chi connectivity index (χ3n) is 4.36. The number of carbonyl (C=O) groups excluding carboxylic acids is 1. The quantitative estimate of drug-likeness (QED) is 0.522. The van der Waals surface area contributed by atoms with Crippen molar-refractivity contribution in [1.82, 2.24) is 4.98 Å². The average Bonchev–Trinajstić information content (AvgIpc) is 3.19. The number of rotatable bonds is 6. The highest BCUT2D eigenvalue weighted by Gasteiger charge is 2.18. The van der Waals surface area contributed by atoms with Crippen LogP contribution in [-0.2, 0) is 22.6 Å². The monoisotopic (exact) mass is 435 g/mol. The van der Waals surface area contributed by atoms with E-state index in [1.165, 1.54) is 12.3 Å². The summed E-state index contributed by atoms with van der Waals surface area (Å²) in [5, 5.41) is 0.381. The van der Waals surface area contributed by atoms with Gasteiger partial charge in [0.05, 0.1) is 23.2 Å². The molecule has 2 aromatic carbocycles. The smallest absolute Gasteiger partial charge is 0.306 e. The fourth-order valence-electron chi connectivity index (χ4n) is 2.97. The van der Waals surface area contributed by atoms with E-state index in [1.54, 1.807) is 12.1 Å². The third kappa shape index (κ3) is 4.38. The van der Waals surface area contributed by atoms with Gasteiger partial charge in [0.1, 0.15) is 31.5 Å². The highest BCUT2D eigenvalue weighted by molar-refractivity contribution is 6.32. The molecule has 0 amide bonds. The van der Waals surface area contributed by atoms with Crippen molar-refractivity contribution in [2.24, 2.45) is 0 Å². The maximum atomic E-state index is 13.8. The minimum absolute atomic E-state index is 0.00641. The van der Waals surface area contributed by atoms with Crippen molar-refractivity contribution in [1.29, 1.82) is 0 Å². The van der Waals surface area contributed by atoms with Crippen molar-refractivity contribution >= 4 is 17.6 Å². The van der Waals surface area contributed by atoms with E-state index >= 15 is 0 Å². The van der Waals surface area contributed by atoms with E-state index in [-0.39, 0.29) is 36.7 Å². The van der Waals surface area contributed by atoms with Gasteiger partial charge in [-0.2, -0.15) is 0 Å². The topological polar surface area (TPSA) is 70.8 Å². The number of hydrogen-bond acceptors (Lipinski definition) is 6. The molecule has 0 spiro atoms. The van der Waals surface area contributed by atoms with E-state index in [1.807, 2.05) is 0 Å². The maximum absolute atomic E-state index is 13.8. The summed E-state index contributed by atoms with van der Waals surface area (Å²) in [6.45, 7) is 0.848. The third-order valence-corrected chi connectivity index (χ3v) is 4.64. The number of ether oxygens (including phenoxy) is 3. The summed E-state index contributed by atoms with van der Waals surface area (Å²) in [7, 11) is 0. The van der Waals surface area contributed by atoms with Crippen molar-refractivity contribution in [2.45, 2.75) is 19.4 Å². The number of halogens is 3. The van der Waals surface area contributed by atoms with Crippen LogP contribution in [0, 0.1) is 11.6 Å². The lowest BCUT2D eigenvalue weighted by Gasteiger charge is -2.20. The first-order valence-electron chi connectivity index (χ1n) is 9.14. The molecule has 1 aliphatic rings. The molecule has 2 heterocycles. The summed E-state index contributed by atoms with van der Waals surface area (Å²) in [6, 6.07) is 6.86. The summed E-state index contributed by atoms with van der Waals surface area (Å²) in [4.78, 5) is 16.0. The lowest BCUT2D eigenvalue weighted by molar-refractivity contribution is -0.145. The first-order valence-corrected chi connectivity index (χ1v) is 9.52. The van der Waals surface area contributed by atoms with Crippen LogP contribution in [0.25, 0.3) is 11.3 Å². The van der Waals surface area contributed by atoms with Gasteiger partial charge in [-0.15, -0.1) is 0 Å². The Kier molecular flexibility index (Phi) is 5.85. The van der Waals surface area contributed by atoms with Gasteiger partial charge in [0.15, 0.2) is 23.1 Å². The summed E-state index contributed by atoms with van der Waals surface area (Å²) in [6.07, 6.45) is 1.33. The molecule has 0 N–H and O–H groups in total. The van der Waals surface area contributed by atoms with Crippen LogP contribution in [0.3, 0.4) is 0 Å². The van der Waals surface area contributed by atoms with Crippen LogP contribution in [0.1, 0.15) is 17.9 Å². The number of nitrogens with zero attached hydrogens (tertiary/aromatic N) is 1. The van der Waals surface area contributed by atoms with Crippen LogP contribution in [0.4, 0.5) is 8.78 Å². The van der Waals surface area contributed by atoms with Crippen LogP contribution >= 0.6 is 11.6 Å². The van der Waals surface area contributed by atoms with Crippen LogP contribution in [0.15, 0.2) is 40.9 Å². The molecule has 30 heavy (non-hydrogen) atoms. The van der Waals surface area contributed by atoms with Gasteiger partial charge in [-0.05, 0) is 29.8 Å². The molecule has 0 fully saturated rings. The zero-order valence-corrected chi connectivity index (χ0v) is 16.4. The summed E-state index contributed by atoms with van der Waals surface area (Å²) in [5.74, 6) is -0.883. The Hall–Kier alpha value is -3.13. The molecule has 0 aliphatic carbocycles. The number of hydrogen-bond donors (Lipinski definition) is 0. The Morgan fingerprint density at radius 1 is 1.17 bits per heavy atom. The molecule has 1 aliphatic heterocycles. The molecule has 4 rings (SSSR count). The van der Waals surface area contributed by atoms with Gasteiger partial charge in [0, 0.05) is 6.42 Å². The molecule has 9 heteroatoms. The Morgan fingerprint density at radius 3 is 2.73 bits per heavy atom. The molecule has 0 saturated carbocycles. The second-order valence-electron chi connectivity index (χ2n) is 6.48. The highest BCUT2D eigenvalue weighted by Crippen LogP contribution is 2.38. The second kappa shape index (κ2) is 8.71. The molecule has 0 radical (unpaired) electrons. The molecule has 1 aromatic heterocycles. The summed E-state index contributed by atoms with van der Waals surface area (Å²) in [5.41, 5.74) is 0.361. The first-order chi connectivity index (χ1) is 14.5. The van der Waals surface area contributed by atoms with Crippen molar-refractivity contribution in [3.8, 4) is 22.8 Å². The number of esters is 1. The molecule has 3 aromatic rings. The number of fused-ring (bicyclic) bond motifs is 1. The SMILES string of the molecule is O=C(CCc1ncc(-c2c(F)cccc2F)o1)OCc1cc(Cl)c2c(c1)OCCO2. The Balaban J connectivity index is 1.33. The lowest BCUT2D eigenvalue weighted by atomic mass is 10.1. The van der Waals surface area contributed by atoms with E-state index in [9.17, 15) is 13.6 Å². The van der Waals surface area contributed by atoms with E-state index < -0.39 is 17.6 Å². The van der Waals surface area contributed by atoms with Crippen LogP contribution < -0.4 is 9.47 Å². The zero-order valence-electron chi connectivity index (χ0n) is 15.6. The molecular weight excluding hydrogens is 420 g/mol. The van der Waals surface area contributed by atoms with E-state index in [0.29, 0.717) is 35.3 Å². The zero-order chi connectivity index (χ0) is 21.1. The summed E-state index contributed by atoms with van der Waals surface area (Å²) >= 11 is 6.16. The van der Waals surface area contributed by atoms with Gasteiger partial charge < -0.3 is 18.6 Å². The standard InChI is InChI=1S/C21H16ClF2NO5/c22-13-8-12(9-16-21(13)28-7-6-27-16)11-29-19(26)5-4-18-25-10-17(30-18)20-14(23)2-1-3-15(20)24/h1-3,8-10H,4-7,11H2. The van der Waals surface area contributed by atoms with E-state index in [4.69, 9.17) is 30.2 Å². The van der Waals surface area contributed by atoms with E-state index in [0.717, 1.165) is 12.1 Å². The van der Waals surface area contributed by atoms with Crippen LogP contribution in [0.2, 0.25) is 5.02 Å². The predicted octanol–water partition coefficient (Wildman–Crippen LogP) is 4.72. The Labute approximate surface area is 175 Å². The number of benzene rings is 2. The summed E-state index contributed by atoms with van der Waals surface area (Å²) < 4.78 is 49.2. The Morgan fingerprint density at radius 2 is 1.93 bits per heavy atom. The highest BCUT2D eigenvalue weighted by atomic mass is 35.5. The molecule has 0 atom stereocenters. The van der Waals surface area contributed by atoms with Gasteiger partial charge in [-0.25, -0.2) is 13.8 Å². The fraction of sp³-hybridized carbons (Fsp3) is 0.238. The van der Waals surface area contributed by atoms with Crippen LogP contribution in [0.5, 0.6) is 11.5 Å². The molecule has 0 bridgehead atoms. The molecule has 0 saturated heterocycles. The molecule has 6 nitrogen and oxygen atoms in total. The van der Waals surface area contributed by atoms with Gasteiger partial charge >= 0.3 is 5.97 Å². The van der Waals surface area contributed by atoms with Crippen molar-refractivity contribution in [2.75, 3.05) is 13.2 Å². The van der Waals surface area contributed by atoms with E-state index in [2.05, 4.69) is 4.98 Å². The van der Waals surface area contributed by atoms with Crippen molar-refractivity contribution < 1.29 is 32.2 Å². The normalized spacial score (nSPS) is 12.6. The van der Waals surface area contributed by atoms with Crippen molar-refractivity contribution in [3.05, 3.63) is 64.6 Å². The van der Waals surface area contributed by atoms with Gasteiger partial charge in [0.2, 0.25) is 0 Å². The van der Waals surface area contributed by atoms with Crippen molar-refractivity contribution in [3.63, 3.8) is 0 Å². The van der Waals surface area contributed by atoms with Gasteiger partial charge in [0.25, 0.3) is 0 Å². The molecule has 0 unspecified atom stereocenters. The van der Waals surface area contributed by atoms with Gasteiger partial charge in [-0.3, -0.25) is 4.79 Å². The number of oxazole rings is 1. The Bertz CT molecular complexity index is 1070. The first kappa shape index (κ1) is 20.2. The molecular formula is C21H16ClF2NO5. The maximum Gasteiger partial charge on any atom is 0.306 e. The number of aryl methyl sites for hydroxylation is 1. The van der Waals surface area contributed by atoms with Gasteiger partial charge in [-0.1, -0.05) is 17.7 Å². The minimum Gasteiger partial charge on any atom is -0.486 e. The minimum atomic E-state index is -0.754. The number of aromatic nitrogens is 1. The predicted molar refractivity (Wildman–Crippen MR) is 102 cm³/mol. The van der Waals surface area contributed by atoms with Crippen LogP contribution in [-0.4, -0.2) is 24.2 Å². The number of carbonyl (C=O) groups is 1. The lowest BCUT2D eigenvalue weighted by Crippen LogP contribution is -2.16.